The van der Waals surface area contributed by atoms with Crippen molar-refractivity contribution in [3.05, 3.63) is 0 Å². The molecule has 0 aromatic heterocycles. The molecule has 2 aliphatic rings. The van der Waals surface area contributed by atoms with Crippen molar-refractivity contribution in [2.75, 3.05) is 13.1 Å². The van der Waals surface area contributed by atoms with Gasteiger partial charge in [-0.2, -0.15) is 0 Å². The molecule has 0 aromatic rings. The summed E-state index contributed by atoms with van der Waals surface area (Å²) in [5.41, 5.74) is 0. The molecule has 0 spiro atoms. The Balaban J connectivity index is 1.94. The molecule has 0 aromatic carbocycles. The second-order valence-corrected chi connectivity index (χ2v) is 2.98. The Bertz CT molecular complexity index is 120. The van der Waals surface area contributed by atoms with Crippen LogP contribution in [0.5, 0.6) is 0 Å². The smallest absolute Gasteiger partial charge is 0.427 e. The van der Waals surface area contributed by atoms with Crippen LogP contribution in [0.3, 0.4) is 0 Å². The lowest BCUT2D eigenvalue weighted by molar-refractivity contribution is 0.395. The molecule has 0 radical (unpaired) electrons. The molecule has 3 N–H and O–H groups in total. The topological polar surface area (TPSA) is 52.5 Å². The molecule has 0 amide bonds. The molecule has 3 atom stereocenters. The number of nitrogens with one attached hydrogen (secondary N) is 1. The van der Waals surface area contributed by atoms with Gasteiger partial charge in [0.25, 0.3) is 0 Å². The Morgan fingerprint density at radius 1 is 1.22 bits per heavy atom. The summed E-state index contributed by atoms with van der Waals surface area (Å²) in [5, 5.41) is 20.6. The molecule has 1 aliphatic heterocycles. The molecule has 1 aliphatic carbocycles. The van der Waals surface area contributed by atoms with E-state index in [9.17, 15) is 0 Å². The van der Waals surface area contributed by atoms with E-state index in [0.29, 0.717) is 11.8 Å². The van der Waals surface area contributed by atoms with Gasteiger partial charge in [0.05, 0.1) is 0 Å². The van der Waals surface area contributed by atoms with Crippen LogP contribution >= 0.6 is 0 Å². The van der Waals surface area contributed by atoms with Crippen molar-refractivity contribution in [2.45, 2.75) is 5.82 Å². The zero-order valence-corrected chi connectivity index (χ0v) is 5.12. The van der Waals surface area contributed by atoms with Gasteiger partial charge in [-0.3, -0.25) is 0 Å². The average molecular weight is 127 g/mol. The summed E-state index contributed by atoms with van der Waals surface area (Å²) in [6.45, 7) is 1.96. The van der Waals surface area contributed by atoms with Crippen molar-refractivity contribution < 1.29 is 10.0 Å². The van der Waals surface area contributed by atoms with E-state index in [1.54, 1.807) is 0 Å². The third kappa shape index (κ3) is 0.706. The number of fused-ring (bicyclic) bond motifs is 1. The van der Waals surface area contributed by atoms with E-state index in [-0.39, 0.29) is 5.82 Å². The summed E-state index contributed by atoms with van der Waals surface area (Å²) in [7, 11) is -1.07. The van der Waals surface area contributed by atoms with Crippen molar-refractivity contribution in [2.24, 2.45) is 11.8 Å². The fourth-order valence-electron chi connectivity index (χ4n) is 1.91. The van der Waals surface area contributed by atoms with Crippen LogP contribution in [0.2, 0.25) is 5.82 Å². The Labute approximate surface area is 54.2 Å². The largest absolute Gasteiger partial charge is 0.455 e. The number of piperidine rings is 1. The van der Waals surface area contributed by atoms with Gasteiger partial charge in [-0.15, -0.1) is 0 Å². The zero-order chi connectivity index (χ0) is 6.43. The van der Waals surface area contributed by atoms with E-state index in [1.165, 1.54) is 0 Å². The molecule has 50 valence electrons. The van der Waals surface area contributed by atoms with Gasteiger partial charge in [-0.1, -0.05) is 0 Å². The van der Waals surface area contributed by atoms with Crippen LogP contribution in [0.25, 0.3) is 0 Å². The molecule has 1 heterocycles. The van der Waals surface area contributed by atoms with E-state index in [0.717, 1.165) is 13.1 Å². The van der Waals surface area contributed by atoms with Gasteiger partial charge in [0.15, 0.2) is 0 Å². The van der Waals surface area contributed by atoms with Crippen molar-refractivity contribution in [1.82, 2.24) is 5.32 Å². The highest BCUT2D eigenvalue weighted by molar-refractivity contribution is 6.44. The Morgan fingerprint density at radius 3 is 2.11 bits per heavy atom. The van der Waals surface area contributed by atoms with Crippen LogP contribution < -0.4 is 5.32 Å². The van der Waals surface area contributed by atoms with Crippen molar-refractivity contribution in [3.8, 4) is 0 Å². The Hall–Kier alpha value is -0.0551. The SMILES string of the molecule is OB(O)C1[C@H]2CNC[C@@H]12. The standard InChI is InChI=1S/C5H10BNO2/c8-6(9)5-3-1-7-2-4(3)5/h3-5,7-9H,1-2H2/t3-,4+,5?. The van der Waals surface area contributed by atoms with Crippen molar-refractivity contribution in [1.29, 1.82) is 0 Å². The predicted molar refractivity (Wildman–Crippen MR) is 33.8 cm³/mol. The van der Waals surface area contributed by atoms with Crippen molar-refractivity contribution >= 4 is 7.12 Å². The third-order valence-electron chi connectivity index (χ3n) is 2.50. The lowest BCUT2D eigenvalue weighted by atomic mass is 9.80. The van der Waals surface area contributed by atoms with Gasteiger partial charge in [0.2, 0.25) is 0 Å². The highest BCUT2D eigenvalue weighted by Crippen LogP contribution is 2.54. The van der Waals surface area contributed by atoms with Gasteiger partial charge >= 0.3 is 7.12 Å². The fourth-order valence-corrected chi connectivity index (χ4v) is 1.91. The van der Waals surface area contributed by atoms with Crippen LogP contribution in [0.4, 0.5) is 0 Å². The average Bonchev–Trinajstić information content (AvgIpc) is 2.30. The van der Waals surface area contributed by atoms with Crippen LogP contribution in [0.1, 0.15) is 0 Å². The predicted octanol–water partition coefficient (Wildman–Crippen LogP) is -1.32. The zero-order valence-electron chi connectivity index (χ0n) is 5.12. The third-order valence-corrected chi connectivity index (χ3v) is 2.50. The number of hydrogen-bond donors (Lipinski definition) is 3. The maximum Gasteiger partial charge on any atom is 0.455 e. The molecule has 9 heavy (non-hydrogen) atoms. The van der Waals surface area contributed by atoms with Crippen LogP contribution in [0, 0.1) is 11.8 Å². The number of hydrogen-bond acceptors (Lipinski definition) is 3. The molecule has 1 saturated heterocycles. The second-order valence-electron chi connectivity index (χ2n) is 2.98. The van der Waals surface area contributed by atoms with Crippen LogP contribution in [-0.4, -0.2) is 30.3 Å². The molecule has 2 rings (SSSR count). The van der Waals surface area contributed by atoms with Crippen LogP contribution in [0.15, 0.2) is 0 Å². The molecule has 1 saturated carbocycles. The first kappa shape index (κ1) is 5.71. The first-order valence-corrected chi connectivity index (χ1v) is 3.37. The van der Waals surface area contributed by atoms with Crippen LogP contribution in [-0.2, 0) is 0 Å². The molecule has 4 heteroatoms. The molecular weight excluding hydrogens is 117 g/mol. The molecular formula is C5H10BNO2. The van der Waals surface area contributed by atoms with Gasteiger partial charge < -0.3 is 15.4 Å². The van der Waals surface area contributed by atoms with Gasteiger partial charge in [0, 0.05) is 5.82 Å². The fraction of sp³-hybridized carbons (Fsp3) is 1.00. The summed E-state index contributed by atoms with van der Waals surface area (Å²) in [4.78, 5) is 0. The minimum absolute atomic E-state index is 0.186. The lowest BCUT2D eigenvalue weighted by Crippen LogP contribution is -2.21. The number of rotatable bonds is 1. The minimum Gasteiger partial charge on any atom is -0.427 e. The first-order chi connectivity index (χ1) is 4.30. The van der Waals surface area contributed by atoms with Crippen molar-refractivity contribution in [3.63, 3.8) is 0 Å². The highest BCUT2D eigenvalue weighted by Gasteiger charge is 2.58. The quantitative estimate of drug-likeness (QED) is 0.383. The highest BCUT2D eigenvalue weighted by atomic mass is 16.4. The summed E-state index contributed by atoms with van der Waals surface area (Å²) in [6.07, 6.45) is 0. The molecule has 2 fully saturated rings. The van der Waals surface area contributed by atoms with Gasteiger partial charge in [-0.05, 0) is 24.9 Å². The maximum absolute atomic E-state index is 8.73. The maximum atomic E-state index is 8.73. The Morgan fingerprint density at radius 2 is 1.78 bits per heavy atom. The van der Waals surface area contributed by atoms with E-state index < -0.39 is 7.12 Å². The minimum atomic E-state index is -1.07. The lowest BCUT2D eigenvalue weighted by Gasteiger charge is -2.00. The second kappa shape index (κ2) is 1.72. The normalized spacial score (nSPS) is 46.7. The Kier molecular flexibility index (Phi) is 1.09. The summed E-state index contributed by atoms with van der Waals surface area (Å²) >= 11 is 0. The summed E-state index contributed by atoms with van der Waals surface area (Å²) in [6, 6.07) is 0. The van der Waals surface area contributed by atoms with E-state index in [1.807, 2.05) is 0 Å². The summed E-state index contributed by atoms with van der Waals surface area (Å²) in [5.74, 6) is 1.31. The van der Waals surface area contributed by atoms with Gasteiger partial charge in [0.1, 0.15) is 0 Å². The van der Waals surface area contributed by atoms with E-state index in [2.05, 4.69) is 5.32 Å². The molecule has 0 bridgehead atoms. The molecule has 3 nitrogen and oxygen atoms in total. The van der Waals surface area contributed by atoms with Gasteiger partial charge in [-0.25, -0.2) is 0 Å². The first-order valence-electron chi connectivity index (χ1n) is 3.37. The molecule has 1 unspecified atom stereocenters. The monoisotopic (exact) mass is 127 g/mol. The van der Waals surface area contributed by atoms with E-state index in [4.69, 9.17) is 10.0 Å². The summed E-state index contributed by atoms with van der Waals surface area (Å²) < 4.78 is 0. The van der Waals surface area contributed by atoms with E-state index >= 15 is 0 Å².